The molecule has 2 fully saturated rings. The molecule has 0 spiro atoms. The standard InChI is InChI=1S/C12H16N4O.C2H6/c1-8-2-3-9(6-15-8)16-7-12(13)4-5-14-10(12)11(16)17;1-2/h2-3,6,10,14H,4-5,7,13H2,1H3;1-2H3/t10-,12-;/m0./s1. The predicted molar refractivity (Wildman–Crippen MR) is 76.0 cm³/mol. The number of aryl methyl sites for hydroxylation is 1. The van der Waals surface area contributed by atoms with E-state index in [4.69, 9.17) is 5.73 Å². The molecule has 2 aliphatic heterocycles. The second-order valence-electron chi connectivity index (χ2n) is 4.95. The lowest BCUT2D eigenvalue weighted by Gasteiger charge is -2.21. The maximum atomic E-state index is 12.2. The van der Waals surface area contributed by atoms with Crippen LogP contribution in [0.5, 0.6) is 0 Å². The van der Waals surface area contributed by atoms with Crippen LogP contribution in [-0.2, 0) is 4.79 Å². The Morgan fingerprint density at radius 2 is 2.21 bits per heavy atom. The highest BCUT2D eigenvalue weighted by molar-refractivity contribution is 6.01. The molecule has 104 valence electrons. The third kappa shape index (κ3) is 2.35. The molecular weight excluding hydrogens is 240 g/mol. The summed E-state index contributed by atoms with van der Waals surface area (Å²) in [7, 11) is 0. The zero-order chi connectivity index (χ0) is 14.0. The van der Waals surface area contributed by atoms with Crippen molar-refractivity contribution >= 4 is 11.6 Å². The first-order valence-corrected chi connectivity index (χ1v) is 6.86. The zero-order valence-corrected chi connectivity index (χ0v) is 11.8. The van der Waals surface area contributed by atoms with E-state index < -0.39 is 5.54 Å². The van der Waals surface area contributed by atoms with Gasteiger partial charge in [0.25, 0.3) is 0 Å². The molecule has 0 radical (unpaired) electrons. The van der Waals surface area contributed by atoms with E-state index in [2.05, 4.69) is 10.3 Å². The topological polar surface area (TPSA) is 71.2 Å². The van der Waals surface area contributed by atoms with Crippen molar-refractivity contribution in [3.8, 4) is 0 Å². The number of pyridine rings is 1. The Hall–Kier alpha value is -1.46. The summed E-state index contributed by atoms with van der Waals surface area (Å²) < 4.78 is 0. The second-order valence-corrected chi connectivity index (χ2v) is 4.95. The number of nitrogens with two attached hydrogens (primary N) is 1. The SMILES string of the molecule is CC.Cc1ccc(N2C[C@@]3(N)CCN[C@H]3C2=O)cn1. The molecule has 0 unspecified atom stereocenters. The summed E-state index contributed by atoms with van der Waals surface area (Å²) in [5.41, 5.74) is 7.63. The normalized spacial score (nSPS) is 28.9. The smallest absolute Gasteiger partial charge is 0.246 e. The molecule has 3 N–H and O–H groups in total. The number of amides is 1. The lowest BCUT2D eigenvalue weighted by atomic mass is 9.95. The maximum Gasteiger partial charge on any atom is 0.246 e. The van der Waals surface area contributed by atoms with Crippen LogP contribution in [0.1, 0.15) is 26.0 Å². The summed E-state index contributed by atoms with van der Waals surface area (Å²) in [5.74, 6) is 0.0654. The maximum absolute atomic E-state index is 12.2. The van der Waals surface area contributed by atoms with Crippen LogP contribution in [0.15, 0.2) is 18.3 Å². The van der Waals surface area contributed by atoms with E-state index in [0.717, 1.165) is 24.3 Å². The first-order chi connectivity index (χ1) is 9.10. The van der Waals surface area contributed by atoms with Gasteiger partial charge in [-0.25, -0.2) is 0 Å². The Morgan fingerprint density at radius 1 is 1.47 bits per heavy atom. The minimum atomic E-state index is -0.415. The number of carbonyl (C=O) groups is 1. The Bertz CT molecular complexity index is 459. The van der Waals surface area contributed by atoms with Crippen LogP contribution in [-0.4, -0.2) is 35.6 Å². The Kier molecular flexibility index (Phi) is 3.87. The second kappa shape index (κ2) is 5.27. The van der Waals surface area contributed by atoms with Gasteiger partial charge in [0, 0.05) is 12.2 Å². The average Bonchev–Trinajstić information content (AvgIpc) is 2.91. The van der Waals surface area contributed by atoms with Crippen LogP contribution in [0.3, 0.4) is 0 Å². The van der Waals surface area contributed by atoms with E-state index in [0.29, 0.717) is 6.54 Å². The lowest BCUT2D eigenvalue weighted by molar-refractivity contribution is -0.118. The highest BCUT2D eigenvalue weighted by Crippen LogP contribution is 2.31. The lowest BCUT2D eigenvalue weighted by Crippen LogP contribution is -2.50. The molecule has 0 aliphatic carbocycles. The van der Waals surface area contributed by atoms with E-state index >= 15 is 0 Å². The van der Waals surface area contributed by atoms with Crippen LogP contribution >= 0.6 is 0 Å². The van der Waals surface area contributed by atoms with Gasteiger partial charge in [0.2, 0.25) is 5.91 Å². The fourth-order valence-corrected chi connectivity index (χ4v) is 2.67. The summed E-state index contributed by atoms with van der Waals surface area (Å²) in [6, 6.07) is 3.60. The Morgan fingerprint density at radius 3 is 2.79 bits per heavy atom. The number of nitrogens with one attached hydrogen (secondary N) is 1. The van der Waals surface area contributed by atoms with Gasteiger partial charge < -0.3 is 16.0 Å². The highest BCUT2D eigenvalue weighted by Gasteiger charge is 2.52. The van der Waals surface area contributed by atoms with Crippen molar-refractivity contribution in [1.82, 2.24) is 10.3 Å². The fourth-order valence-electron chi connectivity index (χ4n) is 2.67. The monoisotopic (exact) mass is 262 g/mol. The van der Waals surface area contributed by atoms with E-state index in [1.165, 1.54) is 0 Å². The van der Waals surface area contributed by atoms with E-state index in [-0.39, 0.29) is 11.9 Å². The summed E-state index contributed by atoms with van der Waals surface area (Å²) in [5, 5.41) is 3.18. The van der Waals surface area contributed by atoms with Gasteiger partial charge in [-0.05, 0) is 32.0 Å². The van der Waals surface area contributed by atoms with Gasteiger partial charge >= 0.3 is 0 Å². The number of rotatable bonds is 1. The molecule has 2 saturated heterocycles. The largest absolute Gasteiger partial charge is 0.322 e. The van der Waals surface area contributed by atoms with Crippen LogP contribution in [0.2, 0.25) is 0 Å². The van der Waals surface area contributed by atoms with Gasteiger partial charge in [-0.1, -0.05) is 13.8 Å². The molecular formula is C14H22N4O. The highest BCUT2D eigenvalue weighted by atomic mass is 16.2. The van der Waals surface area contributed by atoms with Crippen LogP contribution in [0.25, 0.3) is 0 Å². The van der Waals surface area contributed by atoms with Gasteiger partial charge in [0.05, 0.1) is 17.4 Å². The summed E-state index contributed by atoms with van der Waals surface area (Å²) >= 11 is 0. The molecule has 0 saturated carbocycles. The third-order valence-corrected chi connectivity index (χ3v) is 3.69. The molecule has 3 heterocycles. The molecule has 1 amide bonds. The average molecular weight is 262 g/mol. The van der Waals surface area contributed by atoms with E-state index in [1.807, 2.05) is 32.9 Å². The van der Waals surface area contributed by atoms with Gasteiger partial charge in [-0.2, -0.15) is 0 Å². The van der Waals surface area contributed by atoms with E-state index in [9.17, 15) is 4.79 Å². The summed E-state index contributed by atoms with van der Waals surface area (Å²) in [6.45, 7) is 7.33. The van der Waals surface area contributed by atoms with Crippen molar-refractivity contribution in [2.45, 2.75) is 38.8 Å². The number of aromatic nitrogens is 1. The van der Waals surface area contributed by atoms with Crippen molar-refractivity contribution in [3.63, 3.8) is 0 Å². The van der Waals surface area contributed by atoms with Crippen molar-refractivity contribution in [3.05, 3.63) is 24.0 Å². The number of anilines is 1. The molecule has 5 heteroatoms. The molecule has 1 aromatic rings. The minimum absolute atomic E-state index is 0.0654. The summed E-state index contributed by atoms with van der Waals surface area (Å²) in [6.07, 6.45) is 2.58. The van der Waals surface area contributed by atoms with Crippen LogP contribution in [0.4, 0.5) is 5.69 Å². The van der Waals surface area contributed by atoms with Gasteiger partial charge in [-0.3, -0.25) is 9.78 Å². The van der Waals surface area contributed by atoms with E-state index in [1.54, 1.807) is 11.1 Å². The van der Waals surface area contributed by atoms with Crippen LogP contribution in [0, 0.1) is 6.92 Å². The van der Waals surface area contributed by atoms with Gasteiger partial charge in [0.15, 0.2) is 0 Å². The van der Waals surface area contributed by atoms with Crippen molar-refractivity contribution < 1.29 is 4.79 Å². The Balaban J connectivity index is 0.000000637. The Labute approximate surface area is 114 Å². The van der Waals surface area contributed by atoms with Crippen molar-refractivity contribution in [2.24, 2.45) is 5.73 Å². The molecule has 2 aliphatic rings. The molecule has 1 aromatic heterocycles. The molecule has 0 aromatic carbocycles. The third-order valence-electron chi connectivity index (χ3n) is 3.69. The molecule has 0 bridgehead atoms. The van der Waals surface area contributed by atoms with Gasteiger partial charge in [0.1, 0.15) is 6.04 Å². The number of hydrogen-bond donors (Lipinski definition) is 2. The molecule has 3 rings (SSSR count). The summed E-state index contributed by atoms with van der Waals surface area (Å²) in [4.78, 5) is 18.2. The van der Waals surface area contributed by atoms with Crippen molar-refractivity contribution in [2.75, 3.05) is 18.0 Å². The number of nitrogens with zero attached hydrogens (tertiary/aromatic N) is 2. The molecule has 19 heavy (non-hydrogen) atoms. The van der Waals surface area contributed by atoms with Gasteiger partial charge in [-0.15, -0.1) is 0 Å². The van der Waals surface area contributed by atoms with Crippen LogP contribution < -0.4 is 16.0 Å². The molecule has 2 atom stereocenters. The minimum Gasteiger partial charge on any atom is -0.322 e. The number of fused-ring (bicyclic) bond motifs is 1. The van der Waals surface area contributed by atoms with Crippen molar-refractivity contribution in [1.29, 1.82) is 0 Å². The fraction of sp³-hybridized carbons (Fsp3) is 0.571. The first kappa shape index (κ1) is 14.0. The molecule has 5 nitrogen and oxygen atoms in total. The number of carbonyl (C=O) groups excluding carboxylic acids is 1. The zero-order valence-electron chi connectivity index (χ0n) is 11.8. The quantitative estimate of drug-likeness (QED) is 0.786. The number of hydrogen-bond acceptors (Lipinski definition) is 4. The first-order valence-electron chi connectivity index (χ1n) is 6.86. The predicted octanol–water partition coefficient (Wildman–Crippen LogP) is 0.822.